The van der Waals surface area contributed by atoms with Crippen molar-refractivity contribution < 1.29 is 13.5 Å². The molecular weight excluding hydrogens is 292 g/mol. The molecule has 0 aliphatic heterocycles. The molecule has 0 fully saturated rings. The molecule has 0 saturated heterocycles. The molecule has 0 saturated carbocycles. The van der Waals surface area contributed by atoms with Gasteiger partial charge in [0.15, 0.2) is 13.5 Å². The summed E-state index contributed by atoms with van der Waals surface area (Å²) < 4.78 is 21.7. The number of rotatable bonds is 3. The topological polar surface area (TPSA) is 54.4 Å². The zero-order valence-electron chi connectivity index (χ0n) is 9.44. The molecule has 3 nitrogen and oxygen atoms in total. The van der Waals surface area contributed by atoms with Crippen molar-refractivity contribution in [2.45, 2.75) is 23.6 Å². The predicted octanol–water partition coefficient (Wildman–Crippen LogP) is 2.18. The maximum Gasteiger partial charge on any atom is 0.165 e. The fourth-order valence-corrected chi connectivity index (χ4v) is 2.06. The standard InChI is InChI=1S/C11H15BrO3S/c1-8-4-6-9(7-5-8)10(13)11(2,12)16(3,14)15/h4-7,10,13H,1-3H3. The van der Waals surface area contributed by atoms with Crippen LogP contribution in [0, 0.1) is 6.92 Å². The summed E-state index contributed by atoms with van der Waals surface area (Å²) in [4.78, 5) is 0. The van der Waals surface area contributed by atoms with Gasteiger partial charge in [-0.2, -0.15) is 0 Å². The largest absolute Gasteiger partial charge is 0.386 e. The number of benzene rings is 1. The van der Waals surface area contributed by atoms with Crippen LogP contribution < -0.4 is 0 Å². The molecule has 0 spiro atoms. The molecule has 0 aliphatic carbocycles. The average Bonchev–Trinajstić information content (AvgIpc) is 2.16. The average molecular weight is 307 g/mol. The number of alkyl halides is 1. The van der Waals surface area contributed by atoms with Crippen LogP contribution in [0.4, 0.5) is 0 Å². The lowest BCUT2D eigenvalue weighted by atomic mass is 10.1. The Morgan fingerprint density at radius 1 is 1.31 bits per heavy atom. The summed E-state index contributed by atoms with van der Waals surface area (Å²) in [6, 6.07) is 7.13. The molecule has 0 bridgehead atoms. The van der Waals surface area contributed by atoms with Crippen molar-refractivity contribution in [1.29, 1.82) is 0 Å². The molecule has 16 heavy (non-hydrogen) atoms. The van der Waals surface area contributed by atoms with Gasteiger partial charge < -0.3 is 5.11 Å². The van der Waals surface area contributed by atoms with Gasteiger partial charge in [-0.25, -0.2) is 8.42 Å². The fourth-order valence-electron chi connectivity index (χ4n) is 1.25. The molecule has 0 heterocycles. The van der Waals surface area contributed by atoms with E-state index >= 15 is 0 Å². The molecule has 2 unspecified atom stereocenters. The summed E-state index contributed by atoms with van der Waals surface area (Å²) in [5, 5.41) is 10.0. The number of sulfone groups is 1. The molecule has 0 aromatic heterocycles. The van der Waals surface area contributed by atoms with Crippen LogP contribution in [0.5, 0.6) is 0 Å². The van der Waals surface area contributed by atoms with Crippen molar-refractivity contribution in [2.24, 2.45) is 0 Å². The molecule has 1 N–H and O–H groups in total. The van der Waals surface area contributed by atoms with Gasteiger partial charge in [-0.3, -0.25) is 0 Å². The monoisotopic (exact) mass is 306 g/mol. The van der Waals surface area contributed by atoms with Crippen LogP contribution in [0.15, 0.2) is 24.3 Å². The summed E-state index contributed by atoms with van der Waals surface area (Å²) in [5.74, 6) is 0. The van der Waals surface area contributed by atoms with Crippen molar-refractivity contribution >= 4 is 25.8 Å². The van der Waals surface area contributed by atoms with Crippen molar-refractivity contribution in [3.8, 4) is 0 Å². The molecule has 1 rings (SSSR count). The highest BCUT2D eigenvalue weighted by Crippen LogP contribution is 2.37. The van der Waals surface area contributed by atoms with Crippen molar-refractivity contribution in [3.63, 3.8) is 0 Å². The van der Waals surface area contributed by atoms with Gasteiger partial charge in [0.2, 0.25) is 0 Å². The number of hydrogen-bond acceptors (Lipinski definition) is 3. The second-order valence-corrected chi connectivity index (χ2v) is 8.64. The molecule has 0 radical (unpaired) electrons. The fraction of sp³-hybridized carbons (Fsp3) is 0.455. The summed E-state index contributed by atoms with van der Waals surface area (Å²) in [7, 11) is -3.39. The van der Waals surface area contributed by atoms with Crippen molar-refractivity contribution in [3.05, 3.63) is 35.4 Å². The van der Waals surface area contributed by atoms with Crippen LogP contribution in [0.25, 0.3) is 0 Å². The van der Waals surface area contributed by atoms with Gasteiger partial charge in [0.1, 0.15) is 6.10 Å². The van der Waals surface area contributed by atoms with Crippen LogP contribution in [0.2, 0.25) is 0 Å². The lowest BCUT2D eigenvalue weighted by Gasteiger charge is -2.26. The zero-order valence-corrected chi connectivity index (χ0v) is 11.8. The maximum atomic E-state index is 11.5. The molecule has 1 aromatic rings. The van der Waals surface area contributed by atoms with Crippen LogP contribution in [-0.4, -0.2) is 23.4 Å². The summed E-state index contributed by atoms with van der Waals surface area (Å²) >= 11 is 3.09. The van der Waals surface area contributed by atoms with E-state index in [4.69, 9.17) is 0 Å². The number of halogens is 1. The van der Waals surface area contributed by atoms with Crippen LogP contribution in [0.3, 0.4) is 0 Å². The number of aliphatic hydroxyl groups is 1. The molecule has 90 valence electrons. The summed E-state index contributed by atoms with van der Waals surface area (Å²) in [6.45, 7) is 3.38. The third-order valence-corrected chi connectivity index (χ3v) is 6.48. The number of hydrogen-bond donors (Lipinski definition) is 1. The summed E-state index contributed by atoms with van der Waals surface area (Å²) in [5.41, 5.74) is 1.64. The second-order valence-electron chi connectivity index (χ2n) is 4.07. The number of aliphatic hydroxyl groups excluding tert-OH is 1. The van der Waals surface area contributed by atoms with Crippen LogP contribution in [-0.2, 0) is 9.84 Å². The van der Waals surface area contributed by atoms with E-state index in [9.17, 15) is 13.5 Å². The Morgan fingerprint density at radius 3 is 2.12 bits per heavy atom. The Bertz CT molecular complexity index is 463. The Hall–Kier alpha value is -0.390. The first-order valence-electron chi connectivity index (χ1n) is 4.79. The Kier molecular flexibility index (Phi) is 3.82. The van der Waals surface area contributed by atoms with Gasteiger partial charge in [0, 0.05) is 6.26 Å². The third-order valence-electron chi connectivity index (χ3n) is 2.61. The molecule has 2 atom stereocenters. The first-order chi connectivity index (χ1) is 7.16. The minimum absolute atomic E-state index is 0.579. The number of aryl methyl sites for hydroxylation is 1. The van der Waals surface area contributed by atoms with Gasteiger partial charge in [-0.15, -0.1) is 0 Å². The van der Waals surface area contributed by atoms with Gasteiger partial charge >= 0.3 is 0 Å². The molecule has 5 heteroatoms. The quantitative estimate of drug-likeness (QED) is 0.871. The van der Waals surface area contributed by atoms with E-state index in [1.165, 1.54) is 6.92 Å². The van der Waals surface area contributed by atoms with Crippen molar-refractivity contribution in [2.75, 3.05) is 6.26 Å². The highest BCUT2D eigenvalue weighted by atomic mass is 79.9. The van der Waals surface area contributed by atoms with E-state index in [-0.39, 0.29) is 0 Å². The van der Waals surface area contributed by atoms with Crippen LogP contribution in [0.1, 0.15) is 24.2 Å². The van der Waals surface area contributed by atoms with E-state index in [2.05, 4.69) is 15.9 Å². The second kappa shape index (κ2) is 4.47. The van der Waals surface area contributed by atoms with E-state index in [0.717, 1.165) is 11.8 Å². The van der Waals surface area contributed by atoms with Gasteiger partial charge in [0.25, 0.3) is 0 Å². The molecular formula is C11H15BrO3S. The minimum Gasteiger partial charge on any atom is -0.386 e. The van der Waals surface area contributed by atoms with Crippen molar-refractivity contribution in [1.82, 2.24) is 0 Å². The predicted molar refractivity (Wildman–Crippen MR) is 68.3 cm³/mol. The molecule has 0 amide bonds. The van der Waals surface area contributed by atoms with Gasteiger partial charge in [0.05, 0.1) is 0 Å². The van der Waals surface area contributed by atoms with Gasteiger partial charge in [-0.1, -0.05) is 45.8 Å². The van der Waals surface area contributed by atoms with E-state index < -0.39 is 19.6 Å². The van der Waals surface area contributed by atoms with E-state index in [0.29, 0.717) is 5.56 Å². The minimum atomic E-state index is -3.39. The third kappa shape index (κ3) is 2.64. The first kappa shape index (κ1) is 13.7. The smallest absolute Gasteiger partial charge is 0.165 e. The zero-order chi connectivity index (χ0) is 12.6. The lowest BCUT2D eigenvalue weighted by molar-refractivity contribution is 0.168. The first-order valence-corrected chi connectivity index (χ1v) is 7.48. The van der Waals surface area contributed by atoms with E-state index in [1.807, 2.05) is 19.1 Å². The lowest BCUT2D eigenvalue weighted by Crippen LogP contribution is -2.34. The molecule has 0 aliphatic rings. The Balaban J connectivity index is 3.12. The SMILES string of the molecule is Cc1ccc(C(O)C(C)(Br)S(C)(=O)=O)cc1. The van der Waals surface area contributed by atoms with E-state index in [1.54, 1.807) is 12.1 Å². The summed E-state index contributed by atoms with van der Waals surface area (Å²) in [6.07, 6.45) is 0.00204. The Morgan fingerprint density at radius 2 is 1.75 bits per heavy atom. The molecule has 1 aromatic carbocycles. The van der Waals surface area contributed by atoms with Crippen LogP contribution >= 0.6 is 15.9 Å². The highest BCUT2D eigenvalue weighted by Gasteiger charge is 2.41. The highest BCUT2D eigenvalue weighted by molar-refractivity contribution is 9.11. The maximum absolute atomic E-state index is 11.5. The Labute approximate surface area is 105 Å². The normalized spacial score (nSPS) is 17.8. The van der Waals surface area contributed by atoms with Gasteiger partial charge in [-0.05, 0) is 19.4 Å².